The zero-order chi connectivity index (χ0) is 34.1. The molecule has 2 fully saturated rings. The molecule has 0 N–H and O–H groups in total. The average Bonchev–Trinajstić information content (AvgIpc) is 3.54. The molecular weight excluding hydrogens is 628 g/mol. The molecule has 6 atom stereocenters. The first-order valence-corrected chi connectivity index (χ1v) is 16.4. The van der Waals surface area contributed by atoms with E-state index in [1.165, 1.54) is 0 Å². The predicted molar refractivity (Wildman–Crippen MR) is 176 cm³/mol. The van der Waals surface area contributed by atoms with Crippen molar-refractivity contribution < 1.29 is 47.5 Å². The molecule has 2 saturated heterocycles. The van der Waals surface area contributed by atoms with Crippen LogP contribution >= 0.6 is 0 Å². The van der Waals surface area contributed by atoms with Gasteiger partial charge in [-0.3, -0.25) is 4.74 Å². The fourth-order valence-electron chi connectivity index (χ4n) is 5.70. The molecule has 0 saturated carbocycles. The highest BCUT2D eigenvalue weighted by atomic mass is 16.9. The minimum absolute atomic E-state index is 0.263. The minimum Gasteiger partial charge on any atom is -0.459 e. The van der Waals surface area contributed by atoms with Crippen LogP contribution in [0.2, 0.25) is 0 Å². The van der Waals surface area contributed by atoms with Crippen molar-refractivity contribution in [3.05, 3.63) is 144 Å². The summed E-state index contributed by atoms with van der Waals surface area (Å²) in [6.07, 6.45) is -3.34. The van der Waals surface area contributed by atoms with Gasteiger partial charge in [0.2, 0.25) is 0 Å². The molecule has 4 aromatic rings. The number of ether oxygens (including phenoxy) is 7. The molecule has 2 heterocycles. The predicted octanol–water partition coefficient (Wildman–Crippen LogP) is 6.45. The fraction of sp³-hybridized carbons (Fsp3) is 0.308. The summed E-state index contributed by atoms with van der Waals surface area (Å²) in [5.74, 6) is -3.72. The van der Waals surface area contributed by atoms with Gasteiger partial charge in [-0.05, 0) is 42.8 Å². The van der Waals surface area contributed by atoms with E-state index in [4.69, 9.17) is 33.2 Å². The zero-order valence-corrected chi connectivity index (χ0v) is 27.1. The van der Waals surface area contributed by atoms with Crippen molar-refractivity contribution >= 4 is 17.9 Å². The molecule has 0 bridgehead atoms. The molecule has 0 spiro atoms. The highest BCUT2D eigenvalue weighted by Gasteiger charge is 2.62. The van der Waals surface area contributed by atoms with Crippen LogP contribution < -0.4 is 0 Å². The molecule has 10 heteroatoms. The summed E-state index contributed by atoms with van der Waals surface area (Å²) in [6, 6.07) is 34.4. The van der Waals surface area contributed by atoms with Crippen LogP contribution in [-0.2, 0) is 39.1 Å². The van der Waals surface area contributed by atoms with Crippen molar-refractivity contribution in [1.82, 2.24) is 0 Å². The van der Waals surface area contributed by atoms with Crippen molar-refractivity contribution in [2.45, 2.75) is 62.9 Å². The number of esters is 3. The van der Waals surface area contributed by atoms with E-state index in [0.717, 1.165) is 19.3 Å². The second-order valence-corrected chi connectivity index (χ2v) is 11.7. The van der Waals surface area contributed by atoms with E-state index in [1.807, 2.05) is 18.2 Å². The lowest BCUT2D eigenvalue weighted by molar-refractivity contribution is -0.367. The third kappa shape index (κ3) is 8.06. The summed E-state index contributed by atoms with van der Waals surface area (Å²) in [6.45, 7) is 2.04. The van der Waals surface area contributed by atoms with Gasteiger partial charge in [-0.15, -0.1) is 0 Å². The first-order valence-electron chi connectivity index (χ1n) is 16.4. The van der Waals surface area contributed by atoms with Crippen LogP contribution in [0.3, 0.4) is 0 Å². The topological polar surface area (TPSA) is 116 Å². The maximum absolute atomic E-state index is 13.6. The third-order valence-corrected chi connectivity index (χ3v) is 8.21. The molecule has 0 radical (unpaired) electrons. The van der Waals surface area contributed by atoms with E-state index in [0.29, 0.717) is 17.7 Å². The zero-order valence-electron chi connectivity index (χ0n) is 27.1. The van der Waals surface area contributed by atoms with Crippen molar-refractivity contribution in [3.63, 3.8) is 0 Å². The van der Waals surface area contributed by atoms with Crippen LogP contribution in [0.5, 0.6) is 0 Å². The Balaban J connectivity index is 1.36. The quantitative estimate of drug-likeness (QED) is 0.0896. The van der Waals surface area contributed by atoms with Gasteiger partial charge in [0.25, 0.3) is 0 Å². The van der Waals surface area contributed by atoms with Gasteiger partial charge >= 0.3 is 23.9 Å². The van der Waals surface area contributed by atoms with E-state index in [-0.39, 0.29) is 17.7 Å². The minimum atomic E-state index is -1.73. The number of hydrogen-bond donors (Lipinski definition) is 0. The van der Waals surface area contributed by atoms with Crippen molar-refractivity contribution in [2.24, 2.45) is 0 Å². The molecular formula is C39H38O10. The fourth-order valence-corrected chi connectivity index (χ4v) is 5.70. The van der Waals surface area contributed by atoms with Gasteiger partial charge in [-0.1, -0.05) is 105 Å². The second-order valence-electron chi connectivity index (χ2n) is 11.7. The maximum atomic E-state index is 13.6. The van der Waals surface area contributed by atoms with E-state index in [2.05, 4.69) is 6.92 Å². The molecule has 2 aliphatic heterocycles. The van der Waals surface area contributed by atoms with Crippen molar-refractivity contribution in [1.29, 1.82) is 0 Å². The molecule has 4 aromatic carbocycles. The molecule has 0 aromatic heterocycles. The summed E-state index contributed by atoms with van der Waals surface area (Å²) >= 11 is 0. The molecule has 1 unspecified atom stereocenters. The Morgan fingerprint density at radius 1 is 0.633 bits per heavy atom. The Morgan fingerprint density at radius 2 is 1.14 bits per heavy atom. The van der Waals surface area contributed by atoms with E-state index in [9.17, 15) is 14.4 Å². The lowest BCUT2D eigenvalue weighted by Crippen LogP contribution is -2.60. The average molecular weight is 667 g/mol. The number of fused-ring (bicyclic) bond motifs is 1. The Labute approximate surface area is 284 Å². The second kappa shape index (κ2) is 16.0. The smallest absolute Gasteiger partial charge is 0.338 e. The van der Waals surface area contributed by atoms with Crippen LogP contribution in [0.25, 0.3) is 0 Å². The molecule has 0 aliphatic carbocycles. The lowest BCUT2D eigenvalue weighted by Gasteiger charge is -2.41. The van der Waals surface area contributed by atoms with Crippen LogP contribution in [0, 0.1) is 0 Å². The van der Waals surface area contributed by atoms with E-state index < -0.39 is 54.6 Å². The van der Waals surface area contributed by atoms with Gasteiger partial charge in [0.1, 0.15) is 12.7 Å². The Kier molecular flexibility index (Phi) is 11.1. The number of carbonyl (C=O) groups is 3. The van der Waals surface area contributed by atoms with Crippen LogP contribution in [-0.4, -0.2) is 61.8 Å². The third-order valence-electron chi connectivity index (χ3n) is 8.21. The Bertz CT molecular complexity index is 1670. The summed E-state index contributed by atoms with van der Waals surface area (Å²) in [7, 11) is 0. The first-order chi connectivity index (χ1) is 24.0. The van der Waals surface area contributed by atoms with Crippen molar-refractivity contribution in [3.8, 4) is 0 Å². The number of benzene rings is 4. The van der Waals surface area contributed by atoms with Gasteiger partial charge in [-0.25, -0.2) is 14.4 Å². The summed E-state index contributed by atoms with van der Waals surface area (Å²) < 4.78 is 43.6. The monoisotopic (exact) mass is 666 g/mol. The van der Waals surface area contributed by atoms with Gasteiger partial charge < -0.3 is 28.4 Å². The van der Waals surface area contributed by atoms with Crippen LogP contribution in [0.1, 0.15) is 62.8 Å². The summed E-state index contributed by atoms with van der Waals surface area (Å²) in [5.41, 5.74) is 1.42. The number of carbonyl (C=O) groups excluding carboxylic acids is 3. The Morgan fingerprint density at radius 3 is 1.69 bits per heavy atom. The van der Waals surface area contributed by atoms with Crippen LogP contribution in [0.4, 0.5) is 0 Å². The normalized spacial score (nSPS) is 24.4. The van der Waals surface area contributed by atoms with Crippen molar-refractivity contribution in [2.75, 3.05) is 13.2 Å². The summed E-state index contributed by atoms with van der Waals surface area (Å²) in [4.78, 5) is 40.2. The molecule has 10 nitrogen and oxygen atoms in total. The van der Waals surface area contributed by atoms with Gasteiger partial charge in [0.05, 0.1) is 23.3 Å². The first kappa shape index (κ1) is 34.0. The molecule has 49 heavy (non-hydrogen) atoms. The lowest BCUT2D eigenvalue weighted by atomic mass is 9.98. The number of rotatable bonds is 13. The number of unbranched alkanes of at least 4 members (excludes halogenated alkanes) is 2. The highest BCUT2D eigenvalue weighted by Crippen LogP contribution is 2.45. The van der Waals surface area contributed by atoms with Gasteiger partial charge in [-0.2, -0.15) is 0 Å². The standard InChI is InChI=1S/C39H38O10/c1-2-3-16-25-44-39(30-23-14-7-15-24-30)48-34-33(47-37(42)29-21-12-6-13-22-29)32(46-36(41)28-19-10-5-11-20-28)31(45-38(34)49-39)26-43-35(40)27-17-8-4-9-18-27/h4-15,17-24,31-34,38H,2-3,16,25-26H2,1H3/t31-,32-,33+,34-,38+,39?/m1/s1. The van der Waals surface area contributed by atoms with Crippen LogP contribution in [0.15, 0.2) is 121 Å². The van der Waals surface area contributed by atoms with E-state index >= 15 is 0 Å². The Hall–Kier alpha value is -4.87. The molecule has 0 amide bonds. The maximum Gasteiger partial charge on any atom is 0.338 e. The summed E-state index contributed by atoms with van der Waals surface area (Å²) in [5, 5.41) is 0. The largest absolute Gasteiger partial charge is 0.459 e. The highest BCUT2D eigenvalue weighted by molar-refractivity contribution is 5.91. The molecule has 2 aliphatic rings. The molecule has 6 rings (SSSR count). The van der Waals surface area contributed by atoms with E-state index in [1.54, 1.807) is 103 Å². The van der Waals surface area contributed by atoms with Gasteiger partial charge in [0.15, 0.2) is 24.6 Å². The molecule has 254 valence electrons. The SMILES string of the molecule is CCCCCOC1(c2ccccc2)O[C@@H]2O[C@H](COC(=O)c3ccccc3)[C@@H](OC(=O)c3ccccc3)[C@H](OC(=O)c3ccccc3)[C@H]2O1. The number of hydrogen-bond acceptors (Lipinski definition) is 10. The van der Waals surface area contributed by atoms with Gasteiger partial charge in [0, 0.05) is 5.56 Å².